The second-order valence-electron chi connectivity index (χ2n) is 12.5. The minimum Gasteiger partial charge on any atom is -0.455 e. The second-order valence-corrected chi connectivity index (χ2v) is 12.5. The molecule has 3 heteroatoms. The standard InChI is InChI=1S/C46H29NO2/c1-2-11-32(12-3-1)37-15-8-16-40-41-29-34(23-27-44(41)48-45(37)40)31-20-24-35(25-21-31)47(36-26-22-30-10-4-5-13-33(30)28-36)42-18-9-17-39-38-14-6-7-19-43(38)49-46(39)42/h1-29H. The Morgan fingerprint density at radius 3 is 1.88 bits per heavy atom. The van der Waals surface area contributed by atoms with Gasteiger partial charge in [-0.1, -0.05) is 127 Å². The van der Waals surface area contributed by atoms with Crippen molar-refractivity contribution < 1.29 is 8.83 Å². The fourth-order valence-electron chi connectivity index (χ4n) is 7.28. The molecule has 3 nitrogen and oxygen atoms in total. The van der Waals surface area contributed by atoms with E-state index in [1.807, 2.05) is 18.2 Å². The van der Waals surface area contributed by atoms with Crippen molar-refractivity contribution in [2.45, 2.75) is 0 Å². The van der Waals surface area contributed by atoms with Crippen LogP contribution in [-0.2, 0) is 0 Å². The minimum atomic E-state index is 0.869. The number of nitrogens with zero attached hydrogens (tertiary/aromatic N) is 1. The molecule has 0 saturated heterocycles. The van der Waals surface area contributed by atoms with Crippen LogP contribution in [0.4, 0.5) is 17.1 Å². The highest BCUT2D eigenvalue weighted by molar-refractivity contribution is 6.12. The molecule has 0 fully saturated rings. The Balaban J connectivity index is 1.10. The highest BCUT2D eigenvalue weighted by Gasteiger charge is 2.20. The molecule has 0 aliphatic rings. The van der Waals surface area contributed by atoms with Crippen molar-refractivity contribution in [2.75, 3.05) is 4.90 Å². The second kappa shape index (κ2) is 11.0. The Kier molecular flexibility index (Phi) is 6.18. The maximum Gasteiger partial charge on any atom is 0.159 e. The maximum absolute atomic E-state index is 6.54. The first-order valence-electron chi connectivity index (χ1n) is 16.6. The van der Waals surface area contributed by atoms with Gasteiger partial charge in [-0.25, -0.2) is 0 Å². The molecule has 2 heterocycles. The van der Waals surface area contributed by atoms with Crippen molar-refractivity contribution in [3.05, 3.63) is 176 Å². The van der Waals surface area contributed by atoms with Gasteiger partial charge in [0.15, 0.2) is 5.58 Å². The topological polar surface area (TPSA) is 29.5 Å². The Hall–Kier alpha value is -6.58. The summed E-state index contributed by atoms with van der Waals surface area (Å²) < 4.78 is 13.0. The van der Waals surface area contributed by atoms with Crippen molar-refractivity contribution >= 4 is 71.7 Å². The van der Waals surface area contributed by atoms with E-state index in [9.17, 15) is 0 Å². The number of hydrogen-bond donors (Lipinski definition) is 0. The summed E-state index contributed by atoms with van der Waals surface area (Å²) in [7, 11) is 0. The van der Waals surface area contributed by atoms with Gasteiger partial charge in [-0.05, 0) is 76.0 Å². The lowest BCUT2D eigenvalue weighted by atomic mass is 10.00. The van der Waals surface area contributed by atoms with Crippen LogP contribution >= 0.6 is 0 Å². The fourth-order valence-corrected chi connectivity index (χ4v) is 7.28. The van der Waals surface area contributed by atoms with Gasteiger partial charge >= 0.3 is 0 Å². The fraction of sp³-hybridized carbons (Fsp3) is 0. The van der Waals surface area contributed by atoms with Gasteiger partial charge in [0.25, 0.3) is 0 Å². The molecule has 230 valence electrons. The van der Waals surface area contributed by atoms with Gasteiger partial charge in [0, 0.05) is 38.5 Å². The summed E-state index contributed by atoms with van der Waals surface area (Å²) in [6.45, 7) is 0. The van der Waals surface area contributed by atoms with E-state index in [1.54, 1.807) is 0 Å². The maximum atomic E-state index is 6.54. The molecule has 0 spiro atoms. The van der Waals surface area contributed by atoms with Crippen LogP contribution in [0.1, 0.15) is 0 Å². The Bertz CT molecular complexity index is 2830. The number of benzene rings is 8. The van der Waals surface area contributed by atoms with Crippen molar-refractivity contribution in [1.29, 1.82) is 0 Å². The third kappa shape index (κ3) is 4.51. The minimum absolute atomic E-state index is 0.869. The summed E-state index contributed by atoms with van der Waals surface area (Å²) in [6, 6.07) is 62.0. The van der Waals surface area contributed by atoms with Crippen LogP contribution in [0.5, 0.6) is 0 Å². The van der Waals surface area contributed by atoms with E-state index in [2.05, 4.69) is 163 Å². The summed E-state index contributed by atoms with van der Waals surface area (Å²) in [4.78, 5) is 2.30. The monoisotopic (exact) mass is 627 g/mol. The summed E-state index contributed by atoms with van der Waals surface area (Å²) >= 11 is 0. The van der Waals surface area contributed by atoms with Gasteiger partial charge in [-0.15, -0.1) is 0 Å². The summed E-state index contributed by atoms with van der Waals surface area (Å²) in [5.74, 6) is 0. The normalized spacial score (nSPS) is 11.7. The molecule has 0 aliphatic carbocycles. The number of furan rings is 2. The van der Waals surface area contributed by atoms with Crippen LogP contribution < -0.4 is 4.90 Å². The molecule has 0 N–H and O–H groups in total. The van der Waals surface area contributed by atoms with E-state index in [0.717, 1.165) is 83.2 Å². The van der Waals surface area contributed by atoms with Crippen molar-refractivity contribution in [3.63, 3.8) is 0 Å². The van der Waals surface area contributed by atoms with E-state index in [0.29, 0.717) is 0 Å². The number of anilines is 3. The van der Waals surface area contributed by atoms with Crippen LogP contribution in [0.15, 0.2) is 185 Å². The first-order valence-corrected chi connectivity index (χ1v) is 16.6. The van der Waals surface area contributed by atoms with Gasteiger partial charge in [0.05, 0.1) is 5.69 Å². The molecule has 10 aromatic rings. The van der Waals surface area contributed by atoms with Crippen LogP contribution in [0, 0.1) is 0 Å². The van der Waals surface area contributed by atoms with E-state index >= 15 is 0 Å². The molecule has 0 saturated carbocycles. The number of para-hydroxylation sites is 3. The highest BCUT2D eigenvalue weighted by Crippen LogP contribution is 2.43. The third-order valence-corrected chi connectivity index (χ3v) is 9.66. The summed E-state index contributed by atoms with van der Waals surface area (Å²) in [5, 5.41) is 6.86. The zero-order valence-electron chi connectivity index (χ0n) is 26.5. The van der Waals surface area contributed by atoms with Gasteiger partial charge in [0.2, 0.25) is 0 Å². The highest BCUT2D eigenvalue weighted by atomic mass is 16.3. The lowest BCUT2D eigenvalue weighted by Gasteiger charge is -2.26. The molecule has 0 radical (unpaired) electrons. The van der Waals surface area contributed by atoms with E-state index in [1.165, 1.54) is 10.8 Å². The largest absolute Gasteiger partial charge is 0.455 e. The number of fused-ring (bicyclic) bond motifs is 7. The molecule has 0 aliphatic heterocycles. The predicted octanol–water partition coefficient (Wildman–Crippen LogP) is 13.4. The molecule has 0 unspecified atom stereocenters. The SMILES string of the molecule is c1ccc(-c2cccc3c2oc2ccc(-c4ccc(N(c5ccc6ccccc6c5)c5cccc6c5oc5ccccc56)cc4)cc23)cc1. The van der Waals surface area contributed by atoms with Crippen molar-refractivity contribution in [1.82, 2.24) is 0 Å². The lowest BCUT2D eigenvalue weighted by Crippen LogP contribution is -2.10. The summed E-state index contributed by atoms with van der Waals surface area (Å²) in [5.41, 5.74) is 11.2. The first-order chi connectivity index (χ1) is 24.3. The van der Waals surface area contributed by atoms with Crippen molar-refractivity contribution in [3.8, 4) is 22.3 Å². The van der Waals surface area contributed by atoms with Gasteiger partial charge in [-0.2, -0.15) is 0 Å². The van der Waals surface area contributed by atoms with E-state index in [4.69, 9.17) is 8.83 Å². The average molecular weight is 628 g/mol. The van der Waals surface area contributed by atoms with Gasteiger partial charge in [-0.3, -0.25) is 0 Å². The molecular formula is C46H29NO2. The Morgan fingerprint density at radius 1 is 0.347 bits per heavy atom. The first kappa shape index (κ1) is 27.5. The zero-order valence-corrected chi connectivity index (χ0v) is 26.5. The van der Waals surface area contributed by atoms with Gasteiger partial charge < -0.3 is 13.7 Å². The zero-order chi connectivity index (χ0) is 32.3. The Labute approximate surface area is 282 Å². The molecule has 0 amide bonds. The predicted molar refractivity (Wildman–Crippen MR) is 204 cm³/mol. The molecule has 2 aromatic heterocycles. The molecule has 10 rings (SSSR count). The van der Waals surface area contributed by atoms with Crippen LogP contribution in [0.3, 0.4) is 0 Å². The van der Waals surface area contributed by atoms with Crippen LogP contribution in [-0.4, -0.2) is 0 Å². The summed E-state index contributed by atoms with van der Waals surface area (Å²) in [6.07, 6.45) is 0. The Morgan fingerprint density at radius 2 is 1.00 bits per heavy atom. The molecular weight excluding hydrogens is 599 g/mol. The van der Waals surface area contributed by atoms with E-state index < -0.39 is 0 Å². The molecule has 8 aromatic carbocycles. The molecule has 0 bridgehead atoms. The van der Waals surface area contributed by atoms with Crippen LogP contribution in [0.2, 0.25) is 0 Å². The quantitative estimate of drug-likeness (QED) is 0.190. The molecule has 49 heavy (non-hydrogen) atoms. The van der Waals surface area contributed by atoms with Crippen LogP contribution in [0.25, 0.3) is 76.9 Å². The van der Waals surface area contributed by atoms with Crippen molar-refractivity contribution in [2.24, 2.45) is 0 Å². The van der Waals surface area contributed by atoms with Gasteiger partial charge in [0.1, 0.15) is 16.7 Å². The average Bonchev–Trinajstić information content (AvgIpc) is 3.74. The lowest BCUT2D eigenvalue weighted by molar-refractivity contribution is 0.669. The molecule has 0 atom stereocenters. The number of hydrogen-bond acceptors (Lipinski definition) is 3. The third-order valence-electron chi connectivity index (χ3n) is 9.66. The smallest absolute Gasteiger partial charge is 0.159 e. The van der Waals surface area contributed by atoms with E-state index in [-0.39, 0.29) is 0 Å². The number of rotatable bonds is 5.